The fourth-order valence-electron chi connectivity index (χ4n) is 3.25. The van der Waals surface area contributed by atoms with E-state index in [9.17, 15) is 0 Å². The molecule has 0 radical (unpaired) electrons. The van der Waals surface area contributed by atoms with Gasteiger partial charge in [0.25, 0.3) is 0 Å². The third-order valence-corrected chi connectivity index (χ3v) is 4.76. The van der Waals surface area contributed by atoms with E-state index in [4.69, 9.17) is 0 Å². The molecule has 2 aromatic rings. The molecule has 0 bridgehead atoms. The molecule has 1 aliphatic rings. The zero-order valence-corrected chi connectivity index (χ0v) is 16.1. The number of H-pyrrole nitrogens is 1. The van der Waals surface area contributed by atoms with E-state index in [1.165, 1.54) is 12.8 Å². The van der Waals surface area contributed by atoms with Crippen LogP contribution in [-0.4, -0.2) is 40.3 Å². The van der Waals surface area contributed by atoms with E-state index in [0.29, 0.717) is 5.92 Å². The lowest BCUT2D eigenvalue weighted by Crippen LogP contribution is -2.29. The van der Waals surface area contributed by atoms with Crippen LogP contribution >= 0.6 is 0 Å². The molecule has 0 saturated carbocycles. The third-order valence-electron chi connectivity index (χ3n) is 4.76. The summed E-state index contributed by atoms with van der Waals surface area (Å²) in [6.45, 7) is 11.4. The number of nitrogens with zero attached hydrogens (tertiary/aromatic N) is 4. The average Bonchev–Trinajstić information content (AvgIpc) is 3.04. The summed E-state index contributed by atoms with van der Waals surface area (Å²) in [5.74, 6) is 2.30. The normalized spacial score (nSPS) is 18.4. The zero-order valence-electron chi connectivity index (χ0n) is 16.1. The molecule has 0 aromatic carbocycles. The molecule has 0 amide bonds. The monoisotopic (exact) mass is 342 g/mol. The molecule has 136 valence electrons. The summed E-state index contributed by atoms with van der Waals surface area (Å²) in [7, 11) is 2.07. The van der Waals surface area contributed by atoms with Crippen LogP contribution < -0.4 is 10.2 Å². The first-order valence-corrected chi connectivity index (χ1v) is 9.15. The Labute approximate surface area is 150 Å². The Kier molecular flexibility index (Phi) is 5.08. The van der Waals surface area contributed by atoms with Crippen molar-refractivity contribution in [3.05, 3.63) is 35.0 Å². The van der Waals surface area contributed by atoms with Crippen LogP contribution in [-0.2, 0) is 12.0 Å². The maximum Gasteiger partial charge on any atom is 0.132 e. The minimum absolute atomic E-state index is 0.0555. The van der Waals surface area contributed by atoms with E-state index >= 15 is 0 Å². The predicted molar refractivity (Wildman–Crippen MR) is 101 cm³/mol. The predicted octanol–water partition coefficient (Wildman–Crippen LogP) is 2.91. The summed E-state index contributed by atoms with van der Waals surface area (Å²) in [6.07, 6.45) is 2.41. The minimum Gasteiger partial charge on any atom is -0.354 e. The van der Waals surface area contributed by atoms with Crippen molar-refractivity contribution in [1.82, 2.24) is 25.5 Å². The molecule has 25 heavy (non-hydrogen) atoms. The number of rotatable bonds is 4. The first kappa shape index (κ1) is 17.9. The maximum atomic E-state index is 4.69. The van der Waals surface area contributed by atoms with Gasteiger partial charge < -0.3 is 10.2 Å². The van der Waals surface area contributed by atoms with Gasteiger partial charge in [-0.3, -0.25) is 5.10 Å². The Morgan fingerprint density at radius 2 is 2.04 bits per heavy atom. The topological polar surface area (TPSA) is 69.7 Å². The SMILES string of the molecule is Cc1nc([C@@H]2CCCNC2)cc(N(C)Cc2cc(C(C)(C)C)n[nH]2)n1. The highest BCUT2D eigenvalue weighted by atomic mass is 15.2. The van der Waals surface area contributed by atoms with Crippen molar-refractivity contribution in [3.8, 4) is 0 Å². The number of nitrogens with one attached hydrogen (secondary N) is 2. The second-order valence-electron chi connectivity index (χ2n) is 8.13. The van der Waals surface area contributed by atoms with E-state index in [1.807, 2.05) is 6.92 Å². The highest BCUT2D eigenvalue weighted by Gasteiger charge is 2.20. The Morgan fingerprint density at radius 3 is 2.68 bits per heavy atom. The van der Waals surface area contributed by atoms with Gasteiger partial charge in [-0.1, -0.05) is 20.8 Å². The summed E-state index contributed by atoms with van der Waals surface area (Å²) in [5.41, 5.74) is 3.40. The van der Waals surface area contributed by atoms with Crippen LogP contribution in [0.5, 0.6) is 0 Å². The van der Waals surface area contributed by atoms with Crippen molar-refractivity contribution in [2.45, 2.75) is 58.4 Å². The van der Waals surface area contributed by atoms with E-state index < -0.39 is 0 Å². The Bertz CT molecular complexity index is 709. The molecule has 6 heteroatoms. The van der Waals surface area contributed by atoms with E-state index in [0.717, 1.165) is 48.4 Å². The number of aromatic amines is 1. The van der Waals surface area contributed by atoms with Crippen LogP contribution in [0.2, 0.25) is 0 Å². The van der Waals surface area contributed by atoms with Gasteiger partial charge >= 0.3 is 0 Å². The molecular weight excluding hydrogens is 312 g/mol. The van der Waals surface area contributed by atoms with Gasteiger partial charge in [0.15, 0.2) is 0 Å². The second kappa shape index (κ2) is 7.12. The number of anilines is 1. The molecule has 6 nitrogen and oxygen atoms in total. The van der Waals surface area contributed by atoms with Crippen molar-refractivity contribution in [2.24, 2.45) is 0 Å². The molecule has 1 atom stereocenters. The van der Waals surface area contributed by atoms with Crippen molar-refractivity contribution in [2.75, 3.05) is 25.0 Å². The molecule has 1 saturated heterocycles. The molecular formula is C19H30N6. The van der Waals surface area contributed by atoms with Crippen LogP contribution in [0.4, 0.5) is 5.82 Å². The number of piperidine rings is 1. The van der Waals surface area contributed by atoms with Crippen LogP contribution in [0.3, 0.4) is 0 Å². The number of aromatic nitrogens is 4. The van der Waals surface area contributed by atoms with Crippen molar-refractivity contribution in [3.63, 3.8) is 0 Å². The lowest BCUT2D eigenvalue weighted by Gasteiger charge is -2.24. The maximum absolute atomic E-state index is 4.69. The lowest BCUT2D eigenvalue weighted by molar-refractivity contribution is 0.453. The molecule has 3 rings (SSSR count). The zero-order chi connectivity index (χ0) is 18.0. The van der Waals surface area contributed by atoms with Crippen LogP contribution in [0.15, 0.2) is 12.1 Å². The molecule has 0 aliphatic carbocycles. The second-order valence-corrected chi connectivity index (χ2v) is 8.13. The number of hydrogen-bond acceptors (Lipinski definition) is 5. The van der Waals surface area contributed by atoms with Crippen LogP contribution in [0, 0.1) is 6.92 Å². The van der Waals surface area contributed by atoms with Gasteiger partial charge in [-0.25, -0.2) is 9.97 Å². The molecule has 1 fully saturated rings. The summed E-state index contributed by atoms with van der Waals surface area (Å²) in [4.78, 5) is 11.5. The summed E-state index contributed by atoms with van der Waals surface area (Å²) < 4.78 is 0. The van der Waals surface area contributed by atoms with Gasteiger partial charge in [0.2, 0.25) is 0 Å². The summed E-state index contributed by atoms with van der Waals surface area (Å²) >= 11 is 0. The van der Waals surface area contributed by atoms with Gasteiger partial charge in [-0.15, -0.1) is 0 Å². The Morgan fingerprint density at radius 1 is 1.24 bits per heavy atom. The molecule has 0 spiro atoms. The van der Waals surface area contributed by atoms with Gasteiger partial charge in [-0.05, 0) is 32.4 Å². The molecule has 1 aliphatic heterocycles. The average molecular weight is 342 g/mol. The van der Waals surface area contributed by atoms with Crippen molar-refractivity contribution in [1.29, 1.82) is 0 Å². The standard InChI is InChI=1S/C19H30N6/c1-13-21-16(14-7-6-8-20-11-14)10-18(22-13)25(5)12-15-9-17(24-23-15)19(2,3)4/h9-10,14,20H,6-8,11-12H2,1-5H3,(H,23,24)/t14-/m1/s1. The largest absolute Gasteiger partial charge is 0.354 e. The fourth-order valence-corrected chi connectivity index (χ4v) is 3.25. The number of aryl methyl sites for hydroxylation is 1. The van der Waals surface area contributed by atoms with E-state index in [2.05, 4.69) is 70.3 Å². The smallest absolute Gasteiger partial charge is 0.132 e. The first-order valence-electron chi connectivity index (χ1n) is 9.15. The molecule has 0 unspecified atom stereocenters. The van der Waals surface area contributed by atoms with Gasteiger partial charge in [0.05, 0.1) is 23.6 Å². The molecule has 2 N–H and O–H groups in total. The Balaban J connectivity index is 1.76. The molecule has 3 heterocycles. The van der Waals surface area contributed by atoms with Crippen LogP contribution in [0.25, 0.3) is 0 Å². The van der Waals surface area contributed by atoms with Gasteiger partial charge in [0.1, 0.15) is 11.6 Å². The third kappa shape index (κ3) is 4.37. The highest BCUT2D eigenvalue weighted by molar-refractivity contribution is 5.40. The van der Waals surface area contributed by atoms with Crippen LogP contribution in [0.1, 0.15) is 62.4 Å². The molecule has 2 aromatic heterocycles. The van der Waals surface area contributed by atoms with Gasteiger partial charge in [-0.2, -0.15) is 5.10 Å². The Hall–Kier alpha value is -1.95. The first-order chi connectivity index (χ1) is 11.8. The van der Waals surface area contributed by atoms with Crippen molar-refractivity contribution < 1.29 is 0 Å². The lowest BCUT2D eigenvalue weighted by atomic mass is 9.92. The quantitative estimate of drug-likeness (QED) is 0.894. The minimum atomic E-state index is 0.0555. The highest BCUT2D eigenvalue weighted by Crippen LogP contribution is 2.25. The number of hydrogen-bond donors (Lipinski definition) is 2. The summed E-state index contributed by atoms with van der Waals surface area (Å²) in [5, 5.41) is 11.1. The van der Waals surface area contributed by atoms with Crippen molar-refractivity contribution >= 4 is 5.82 Å². The van der Waals surface area contributed by atoms with Gasteiger partial charge in [0, 0.05) is 31.0 Å². The summed E-state index contributed by atoms with van der Waals surface area (Å²) in [6, 6.07) is 4.29. The fraction of sp³-hybridized carbons (Fsp3) is 0.632. The van der Waals surface area contributed by atoms with E-state index in [-0.39, 0.29) is 5.41 Å². The van der Waals surface area contributed by atoms with E-state index in [1.54, 1.807) is 0 Å².